The summed E-state index contributed by atoms with van der Waals surface area (Å²) in [6.07, 6.45) is 2.89. The first-order chi connectivity index (χ1) is 8.13. The maximum Gasteiger partial charge on any atom is 0.236 e. The molecule has 0 aliphatic heterocycles. The Morgan fingerprint density at radius 3 is 2.94 bits per heavy atom. The molecule has 0 aliphatic carbocycles. The van der Waals surface area contributed by atoms with Gasteiger partial charge in [0, 0.05) is 25.2 Å². The fourth-order valence-corrected chi connectivity index (χ4v) is 1.90. The predicted octanol–water partition coefficient (Wildman–Crippen LogP) is 0.857. The lowest BCUT2D eigenvalue weighted by molar-refractivity contribution is -0.128. The summed E-state index contributed by atoms with van der Waals surface area (Å²) in [5.74, 6) is 0.0381. The van der Waals surface area contributed by atoms with Crippen LogP contribution in [0.15, 0.2) is 6.20 Å². The van der Waals surface area contributed by atoms with Gasteiger partial charge in [-0.05, 0) is 6.42 Å². The molecule has 0 saturated heterocycles. The van der Waals surface area contributed by atoms with Crippen molar-refractivity contribution in [3.63, 3.8) is 0 Å². The molecule has 0 unspecified atom stereocenters. The number of likely N-dealkylation sites (N-methyl/N-ethyl adjacent to an activating group) is 1. The van der Waals surface area contributed by atoms with Crippen LogP contribution in [0.5, 0.6) is 0 Å². The van der Waals surface area contributed by atoms with Crippen LogP contribution in [-0.2, 0) is 22.6 Å². The van der Waals surface area contributed by atoms with Crippen LogP contribution in [0, 0.1) is 0 Å². The van der Waals surface area contributed by atoms with Crippen molar-refractivity contribution in [1.82, 2.24) is 15.2 Å². The Balaban J connectivity index is 2.10. The highest BCUT2D eigenvalue weighted by molar-refractivity contribution is 7.11. The van der Waals surface area contributed by atoms with Crippen LogP contribution in [0.1, 0.15) is 16.8 Å². The number of aromatic nitrogens is 1. The Labute approximate surface area is 106 Å². The molecule has 0 bridgehead atoms. The van der Waals surface area contributed by atoms with Gasteiger partial charge >= 0.3 is 0 Å². The van der Waals surface area contributed by atoms with Gasteiger partial charge in [0.05, 0.1) is 13.3 Å². The van der Waals surface area contributed by atoms with E-state index in [2.05, 4.69) is 17.2 Å². The minimum Gasteiger partial charge on any atom is -0.359 e. The third kappa shape index (κ3) is 5.25. The number of nitrogens with zero attached hydrogens (tertiary/aromatic N) is 2. The maximum atomic E-state index is 11.2. The number of carbonyl (C=O) groups excluding carboxylic acids is 1. The van der Waals surface area contributed by atoms with Crippen LogP contribution in [0.25, 0.3) is 0 Å². The van der Waals surface area contributed by atoms with Crippen LogP contribution < -0.4 is 5.32 Å². The monoisotopic (exact) mass is 257 g/mol. The molecule has 1 rings (SSSR count). The predicted molar refractivity (Wildman–Crippen MR) is 67.8 cm³/mol. The van der Waals surface area contributed by atoms with E-state index in [-0.39, 0.29) is 5.91 Å². The molecule has 1 N–H and O–H groups in total. The molecule has 0 aromatic carbocycles. The summed E-state index contributed by atoms with van der Waals surface area (Å²) in [5.41, 5.74) is 0. The minimum atomic E-state index is 0.0381. The standard InChI is InChI=1S/C11H19N3O2S/c1-4-9-5-13-10(17-9)7-16-8-12-6-11(15)14(2)3/h5,12H,4,6-8H2,1-3H3. The molecular formula is C11H19N3O2S. The highest BCUT2D eigenvalue weighted by Crippen LogP contribution is 2.13. The average molecular weight is 257 g/mol. The Morgan fingerprint density at radius 1 is 1.59 bits per heavy atom. The first kappa shape index (κ1) is 14.1. The second-order valence-corrected chi connectivity index (χ2v) is 4.98. The molecule has 0 saturated carbocycles. The SMILES string of the molecule is CCc1cnc(COCNCC(=O)N(C)C)s1. The lowest BCUT2D eigenvalue weighted by atomic mass is 10.4. The highest BCUT2D eigenvalue weighted by Gasteiger charge is 2.03. The lowest BCUT2D eigenvalue weighted by Gasteiger charge is -2.10. The van der Waals surface area contributed by atoms with Crippen LogP contribution >= 0.6 is 11.3 Å². The Kier molecular flexibility index (Phi) is 6.10. The van der Waals surface area contributed by atoms with Gasteiger partial charge in [0.1, 0.15) is 11.6 Å². The van der Waals surface area contributed by atoms with Gasteiger partial charge in [-0.2, -0.15) is 0 Å². The molecule has 6 heteroatoms. The summed E-state index contributed by atoms with van der Waals surface area (Å²) < 4.78 is 5.37. The van der Waals surface area contributed by atoms with E-state index in [1.54, 1.807) is 30.3 Å². The fourth-order valence-electron chi connectivity index (χ4n) is 1.10. The number of amides is 1. The van der Waals surface area contributed by atoms with Crippen molar-refractivity contribution >= 4 is 17.2 Å². The van der Waals surface area contributed by atoms with Crippen molar-refractivity contribution in [3.8, 4) is 0 Å². The number of ether oxygens (including phenoxy) is 1. The molecule has 1 aromatic heterocycles. The second kappa shape index (κ2) is 7.37. The number of rotatable bonds is 7. The first-order valence-electron chi connectivity index (χ1n) is 5.55. The van der Waals surface area contributed by atoms with Gasteiger partial charge in [-0.3, -0.25) is 10.1 Å². The van der Waals surface area contributed by atoms with Gasteiger partial charge < -0.3 is 9.64 Å². The van der Waals surface area contributed by atoms with Crippen molar-refractivity contribution in [3.05, 3.63) is 16.1 Å². The summed E-state index contributed by atoms with van der Waals surface area (Å²) in [5, 5.41) is 3.90. The summed E-state index contributed by atoms with van der Waals surface area (Å²) in [4.78, 5) is 18.3. The summed E-state index contributed by atoms with van der Waals surface area (Å²) in [6.45, 7) is 3.26. The number of hydrogen-bond donors (Lipinski definition) is 1. The van der Waals surface area contributed by atoms with Crippen molar-refractivity contribution in [2.45, 2.75) is 20.0 Å². The zero-order chi connectivity index (χ0) is 12.7. The normalized spacial score (nSPS) is 10.5. The van der Waals surface area contributed by atoms with Crippen LogP contribution in [-0.4, -0.2) is 43.2 Å². The van der Waals surface area contributed by atoms with Gasteiger partial charge in [0.2, 0.25) is 5.91 Å². The molecule has 0 spiro atoms. The van der Waals surface area contributed by atoms with Crippen molar-refractivity contribution in [2.75, 3.05) is 27.4 Å². The molecule has 0 fully saturated rings. The van der Waals surface area contributed by atoms with E-state index >= 15 is 0 Å². The molecule has 1 aromatic rings. The number of thiazole rings is 1. The first-order valence-corrected chi connectivity index (χ1v) is 6.37. The van der Waals surface area contributed by atoms with Crippen LogP contribution in [0.3, 0.4) is 0 Å². The largest absolute Gasteiger partial charge is 0.359 e. The number of nitrogens with one attached hydrogen (secondary N) is 1. The molecule has 1 heterocycles. The van der Waals surface area contributed by atoms with E-state index in [1.807, 2.05) is 6.20 Å². The van der Waals surface area contributed by atoms with E-state index in [0.29, 0.717) is 19.9 Å². The molecule has 1 amide bonds. The quantitative estimate of drug-likeness (QED) is 0.581. The zero-order valence-electron chi connectivity index (χ0n) is 10.5. The maximum absolute atomic E-state index is 11.2. The summed E-state index contributed by atoms with van der Waals surface area (Å²) in [7, 11) is 3.46. The van der Waals surface area contributed by atoms with Crippen molar-refractivity contribution in [1.29, 1.82) is 0 Å². The van der Waals surface area contributed by atoms with E-state index in [9.17, 15) is 4.79 Å². The molecular weight excluding hydrogens is 238 g/mol. The third-order valence-electron chi connectivity index (χ3n) is 2.15. The minimum absolute atomic E-state index is 0.0381. The van der Waals surface area contributed by atoms with E-state index in [1.165, 1.54) is 4.88 Å². The van der Waals surface area contributed by atoms with Gasteiger partial charge in [-0.1, -0.05) is 6.92 Å². The van der Waals surface area contributed by atoms with E-state index in [4.69, 9.17) is 4.74 Å². The molecule has 96 valence electrons. The number of aryl methyl sites for hydroxylation is 1. The Hall–Kier alpha value is -0.980. The molecule has 0 radical (unpaired) electrons. The summed E-state index contributed by atoms with van der Waals surface area (Å²) in [6, 6.07) is 0. The molecule has 0 aliphatic rings. The van der Waals surface area contributed by atoms with Gasteiger partial charge in [-0.25, -0.2) is 4.98 Å². The second-order valence-electron chi connectivity index (χ2n) is 3.78. The Bertz CT molecular complexity index is 352. The van der Waals surface area contributed by atoms with E-state index in [0.717, 1.165) is 11.4 Å². The van der Waals surface area contributed by atoms with Gasteiger partial charge in [0.15, 0.2) is 0 Å². The molecule has 17 heavy (non-hydrogen) atoms. The molecule has 0 atom stereocenters. The van der Waals surface area contributed by atoms with Crippen LogP contribution in [0.2, 0.25) is 0 Å². The smallest absolute Gasteiger partial charge is 0.236 e. The number of carbonyl (C=O) groups is 1. The lowest BCUT2D eigenvalue weighted by Crippen LogP contribution is -2.33. The number of hydrogen-bond acceptors (Lipinski definition) is 5. The summed E-state index contributed by atoms with van der Waals surface area (Å²) >= 11 is 1.66. The van der Waals surface area contributed by atoms with Gasteiger partial charge in [0.25, 0.3) is 0 Å². The van der Waals surface area contributed by atoms with Crippen LogP contribution in [0.4, 0.5) is 0 Å². The fraction of sp³-hybridized carbons (Fsp3) is 0.636. The molecule has 5 nitrogen and oxygen atoms in total. The van der Waals surface area contributed by atoms with Crippen molar-refractivity contribution < 1.29 is 9.53 Å². The third-order valence-corrected chi connectivity index (χ3v) is 3.27. The topological polar surface area (TPSA) is 54.5 Å². The van der Waals surface area contributed by atoms with Crippen molar-refractivity contribution in [2.24, 2.45) is 0 Å². The van der Waals surface area contributed by atoms with Gasteiger partial charge in [-0.15, -0.1) is 11.3 Å². The Morgan fingerprint density at radius 2 is 2.35 bits per heavy atom. The zero-order valence-corrected chi connectivity index (χ0v) is 11.3. The van der Waals surface area contributed by atoms with E-state index < -0.39 is 0 Å². The highest BCUT2D eigenvalue weighted by atomic mass is 32.1. The average Bonchev–Trinajstić information content (AvgIpc) is 2.76.